The molecule has 2 unspecified atom stereocenters. The first-order valence-electron chi connectivity index (χ1n) is 6.12. The Labute approximate surface area is 115 Å². The van der Waals surface area contributed by atoms with Crippen LogP contribution < -0.4 is 0 Å². The maximum atomic E-state index is 10.9. The number of fused-ring (bicyclic) bond motifs is 1. The molecule has 2 aromatic rings. The number of methoxy groups -OCH3 is 1. The van der Waals surface area contributed by atoms with E-state index in [4.69, 9.17) is 9.84 Å². The van der Waals surface area contributed by atoms with E-state index in [1.807, 2.05) is 0 Å². The van der Waals surface area contributed by atoms with E-state index in [1.165, 1.54) is 13.2 Å². The molecule has 0 saturated heterocycles. The summed E-state index contributed by atoms with van der Waals surface area (Å²) in [5.41, 5.74) is 0.687. The molecule has 7 nitrogen and oxygen atoms in total. The van der Waals surface area contributed by atoms with E-state index >= 15 is 0 Å². The molecule has 20 heavy (non-hydrogen) atoms. The summed E-state index contributed by atoms with van der Waals surface area (Å²) in [6, 6.07) is 6.43. The van der Waals surface area contributed by atoms with E-state index < -0.39 is 17.1 Å². The number of nitrogens with zero attached hydrogens (tertiary/aromatic N) is 2. The van der Waals surface area contributed by atoms with Gasteiger partial charge in [0.15, 0.2) is 0 Å². The maximum Gasteiger partial charge on any atom is 0.278 e. The van der Waals surface area contributed by atoms with E-state index in [0.29, 0.717) is 10.9 Å². The smallest absolute Gasteiger partial charge is 0.278 e. The quantitative estimate of drug-likeness (QED) is 0.605. The molecule has 0 aliphatic heterocycles. The maximum absolute atomic E-state index is 10.9. The van der Waals surface area contributed by atoms with Crippen LogP contribution in [0.15, 0.2) is 30.5 Å². The lowest BCUT2D eigenvalue weighted by Crippen LogP contribution is -2.34. The molecule has 0 aliphatic rings. The molecule has 1 heterocycles. The average Bonchev–Trinajstić information content (AvgIpc) is 2.83. The fourth-order valence-corrected chi connectivity index (χ4v) is 2.20. The summed E-state index contributed by atoms with van der Waals surface area (Å²) in [7, 11) is 1.41. The number of rotatable bonds is 6. The number of non-ortho nitro benzene ring substituents is 1. The molecule has 2 N–H and O–H groups in total. The van der Waals surface area contributed by atoms with Crippen molar-refractivity contribution in [3.8, 4) is 0 Å². The number of aliphatic hydroxyl groups excluding tert-OH is 2. The van der Waals surface area contributed by atoms with Crippen molar-refractivity contribution in [2.75, 3.05) is 13.7 Å². The van der Waals surface area contributed by atoms with E-state index in [2.05, 4.69) is 0 Å². The van der Waals surface area contributed by atoms with Crippen molar-refractivity contribution in [2.45, 2.75) is 18.8 Å². The molecule has 7 heteroatoms. The van der Waals surface area contributed by atoms with Gasteiger partial charge in [0.1, 0.15) is 12.2 Å². The number of aliphatic hydroxyl groups is 2. The molecule has 0 amide bonds. The first-order chi connectivity index (χ1) is 9.58. The van der Waals surface area contributed by atoms with E-state index in [1.54, 1.807) is 29.0 Å². The van der Waals surface area contributed by atoms with Gasteiger partial charge in [-0.1, -0.05) is 6.07 Å². The van der Waals surface area contributed by atoms with Crippen LogP contribution in [0.3, 0.4) is 0 Å². The van der Waals surface area contributed by atoms with Crippen LogP contribution in [-0.2, 0) is 11.3 Å². The SMILES string of the molecule is COC(CO)C(O)Cn1ccc2c([N+](=O)[O-])cccc21. The van der Waals surface area contributed by atoms with E-state index in [9.17, 15) is 15.2 Å². The highest BCUT2D eigenvalue weighted by molar-refractivity contribution is 5.89. The Morgan fingerprint density at radius 2 is 2.20 bits per heavy atom. The van der Waals surface area contributed by atoms with Crippen LogP contribution in [0, 0.1) is 10.1 Å². The van der Waals surface area contributed by atoms with Crippen molar-refractivity contribution in [3.05, 3.63) is 40.6 Å². The topological polar surface area (TPSA) is 97.8 Å². The highest BCUT2D eigenvalue weighted by Gasteiger charge is 2.20. The molecule has 0 radical (unpaired) electrons. The number of nitro benzene ring substituents is 1. The third kappa shape index (κ3) is 2.64. The summed E-state index contributed by atoms with van der Waals surface area (Å²) in [5, 5.41) is 30.5. The molecule has 0 bridgehead atoms. The number of nitro groups is 1. The predicted octanol–water partition coefficient (Wildman–Crippen LogP) is 0.918. The standard InChI is InChI=1S/C13H16N2O5/c1-20-13(8-16)12(17)7-14-6-5-9-10(14)3-2-4-11(9)15(18)19/h2-6,12-13,16-17H,7-8H2,1H3. The molecule has 0 aliphatic carbocycles. The van der Waals surface area contributed by atoms with Gasteiger partial charge in [0.05, 0.1) is 29.0 Å². The van der Waals surface area contributed by atoms with Gasteiger partial charge >= 0.3 is 0 Å². The fraction of sp³-hybridized carbons (Fsp3) is 0.385. The van der Waals surface area contributed by atoms with Gasteiger partial charge in [-0.2, -0.15) is 0 Å². The number of aromatic nitrogens is 1. The van der Waals surface area contributed by atoms with Crippen molar-refractivity contribution in [1.82, 2.24) is 4.57 Å². The Morgan fingerprint density at radius 3 is 2.80 bits per heavy atom. The molecule has 2 atom stereocenters. The highest BCUT2D eigenvalue weighted by Crippen LogP contribution is 2.26. The van der Waals surface area contributed by atoms with Crippen molar-refractivity contribution < 1.29 is 19.9 Å². The molecule has 0 saturated carbocycles. The Bertz CT molecular complexity index is 606. The van der Waals surface area contributed by atoms with E-state index in [0.717, 1.165) is 0 Å². The summed E-state index contributed by atoms with van der Waals surface area (Å²) in [6.07, 6.45) is 0.0800. The second-order valence-electron chi connectivity index (χ2n) is 4.46. The van der Waals surface area contributed by atoms with Gasteiger partial charge in [0.2, 0.25) is 0 Å². The molecule has 2 rings (SSSR count). The van der Waals surface area contributed by atoms with Crippen molar-refractivity contribution in [3.63, 3.8) is 0 Å². The number of ether oxygens (including phenoxy) is 1. The van der Waals surface area contributed by atoms with E-state index in [-0.39, 0.29) is 18.8 Å². The summed E-state index contributed by atoms with van der Waals surface area (Å²) in [5.74, 6) is 0. The Morgan fingerprint density at radius 1 is 1.45 bits per heavy atom. The largest absolute Gasteiger partial charge is 0.394 e. The zero-order chi connectivity index (χ0) is 14.7. The van der Waals surface area contributed by atoms with Gasteiger partial charge < -0.3 is 19.5 Å². The monoisotopic (exact) mass is 280 g/mol. The molecule has 1 aromatic carbocycles. The van der Waals surface area contributed by atoms with Gasteiger partial charge in [-0.15, -0.1) is 0 Å². The molecule has 1 aromatic heterocycles. The molecule has 108 valence electrons. The van der Waals surface area contributed by atoms with Crippen molar-refractivity contribution >= 4 is 16.6 Å². The van der Waals surface area contributed by atoms with Gasteiger partial charge in [0.25, 0.3) is 5.69 Å². The zero-order valence-corrected chi connectivity index (χ0v) is 11.0. The van der Waals surface area contributed by atoms with Crippen LogP contribution in [0.25, 0.3) is 10.9 Å². The Balaban J connectivity index is 2.32. The minimum atomic E-state index is -0.903. The number of benzene rings is 1. The molecular weight excluding hydrogens is 264 g/mol. The molecule has 0 fully saturated rings. The third-order valence-electron chi connectivity index (χ3n) is 3.28. The lowest BCUT2D eigenvalue weighted by Gasteiger charge is -2.20. The van der Waals surface area contributed by atoms with Gasteiger partial charge in [-0.05, 0) is 12.1 Å². The minimum absolute atomic E-state index is 0.0289. The number of hydrogen-bond acceptors (Lipinski definition) is 5. The fourth-order valence-electron chi connectivity index (χ4n) is 2.20. The normalized spacial score (nSPS) is 14.3. The summed E-state index contributed by atoms with van der Waals surface area (Å²) in [6.45, 7) is -0.110. The third-order valence-corrected chi connectivity index (χ3v) is 3.28. The zero-order valence-electron chi connectivity index (χ0n) is 11.0. The lowest BCUT2D eigenvalue weighted by molar-refractivity contribution is -0.383. The van der Waals surface area contributed by atoms with Gasteiger partial charge in [-0.3, -0.25) is 10.1 Å². The Kier molecular flexibility index (Phi) is 4.33. The average molecular weight is 280 g/mol. The summed E-state index contributed by atoms with van der Waals surface area (Å²) in [4.78, 5) is 10.5. The highest BCUT2D eigenvalue weighted by atomic mass is 16.6. The molecular formula is C13H16N2O5. The van der Waals surface area contributed by atoms with Crippen LogP contribution in [0.5, 0.6) is 0 Å². The van der Waals surface area contributed by atoms with Gasteiger partial charge in [0, 0.05) is 19.4 Å². The first-order valence-corrected chi connectivity index (χ1v) is 6.12. The van der Waals surface area contributed by atoms with Crippen molar-refractivity contribution in [2.24, 2.45) is 0 Å². The van der Waals surface area contributed by atoms with Crippen LogP contribution >= 0.6 is 0 Å². The lowest BCUT2D eigenvalue weighted by atomic mass is 10.2. The molecule has 0 spiro atoms. The van der Waals surface area contributed by atoms with Gasteiger partial charge in [-0.25, -0.2) is 0 Å². The minimum Gasteiger partial charge on any atom is -0.394 e. The first kappa shape index (κ1) is 14.4. The second-order valence-corrected chi connectivity index (χ2v) is 4.46. The predicted molar refractivity (Wildman–Crippen MR) is 72.5 cm³/mol. The second kappa shape index (κ2) is 6.00. The number of hydrogen-bond donors (Lipinski definition) is 2. The van der Waals surface area contributed by atoms with Crippen LogP contribution in [0.4, 0.5) is 5.69 Å². The van der Waals surface area contributed by atoms with Crippen molar-refractivity contribution in [1.29, 1.82) is 0 Å². The van der Waals surface area contributed by atoms with Crippen LogP contribution in [-0.4, -0.2) is 45.6 Å². The Hall–Kier alpha value is -1.96. The van der Waals surface area contributed by atoms with Crippen LogP contribution in [0.2, 0.25) is 0 Å². The summed E-state index contributed by atoms with van der Waals surface area (Å²) >= 11 is 0. The van der Waals surface area contributed by atoms with Crippen LogP contribution in [0.1, 0.15) is 0 Å². The summed E-state index contributed by atoms with van der Waals surface area (Å²) < 4.78 is 6.67.